The average Bonchev–Trinajstić information content (AvgIpc) is 2.89. The van der Waals surface area contributed by atoms with Crippen molar-refractivity contribution in [2.24, 2.45) is 5.92 Å². The van der Waals surface area contributed by atoms with Crippen molar-refractivity contribution in [3.63, 3.8) is 0 Å². The maximum absolute atomic E-state index is 13.0. The van der Waals surface area contributed by atoms with Crippen LogP contribution in [0.5, 0.6) is 0 Å². The summed E-state index contributed by atoms with van der Waals surface area (Å²) in [6, 6.07) is 6.57. The molecular formula is C21H27N3O4. The monoisotopic (exact) mass is 385 g/mol. The fourth-order valence-corrected chi connectivity index (χ4v) is 4.11. The second-order valence-corrected chi connectivity index (χ2v) is 7.79. The summed E-state index contributed by atoms with van der Waals surface area (Å²) < 4.78 is 0. The number of benzene rings is 1. The molecule has 2 N–H and O–H groups in total. The molecule has 1 heterocycles. The van der Waals surface area contributed by atoms with E-state index in [0.717, 1.165) is 29.7 Å². The number of carbonyl (C=O) groups excluding carboxylic acids is 4. The standard InChI is InChI=1S/C21H27N3O4/c1-14-5-3-4-11-21(14)19(27)24(20(28)23-21)13-18(26)17-8-6-16(7-9-17)10-12-22-15(2)25/h6-9,14H,3-5,10-13H2,1-2H3,(H,22,25)(H,23,28)/t14-,21+/m1/s1. The Morgan fingerprint density at radius 3 is 2.57 bits per heavy atom. The van der Waals surface area contributed by atoms with Crippen LogP contribution in [-0.4, -0.2) is 47.2 Å². The predicted octanol–water partition coefficient (Wildman–Crippen LogP) is 2.05. The Labute approximate surface area is 164 Å². The Kier molecular flexibility index (Phi) is 5.82. The Morgan fingerprint density at radius 2 is 1.93 bits per heavy atom. The maximum atomic E-state index is 13.0. The molecule has 3 rings (SSSR count). The number of carbonyl (C=O) groups is 4. The maximum Gasteiger partial charge on any atom is 0.325 e. The largest absolute Gasteiger partial charge is 0.356 e. The van der Waals surface area contributed by atoms with E-state index >= 15 is 0 Å². The molecule has 28 heavy (non-hydrogen) atoms. The van der Waals surface area contributed by atoms with Gasteiger partial charge in [0.1, 0.15) is 5.54 Å². The van der Waals surface area contributed by atoms with Crippen LogP contribution in [0.25, 0.3) is 0 Å². The molecule has 7 heteroatoms. The van der Waals surface area contributed by atoms with E-state index in [-0.39, 0.29) is 30.1 Å². The number of urea groups is 1. The summed E-state index contributed by atoms with van der Waals surface area (Å²) in [7, 11) is 0. The molecule has 2 aliphatic rings. The van der Waals surface area contributed by atoms with Gasteiger partial charge in [-0.05, 0) is 30.7 Å². The summed E-state index contributed by atoms with van der Waals surface area (Å²) in [6.45, 7) is 3.74. The number of hydrogen-bond acceptors (Lipinski definition) is 4. The van der Waals surface area contributed by atoms with Crippen LogP contribution in [0.3, 0.4) is 0 Å². The molecule has 0 aromatic heterocycles. The third-order valence-electron chi connectivity index (χ3n) is 5.87. The first kappa shape index (κ1) is 20.0. The number of imide groups is 1. The molecule has 1 spiro atoms. The van der Waals surface area contributed by atoms with Gasteiger partial charge in [-0.3, -0.25) is 19.3 Å². The molecule has 1 aliphatic heterocycles. The zero-order valence-electron chi connectivity index (χ0n) is 16.4. The number of nitrogens with zero attached hydrogens (tertiary/aromatic N) is 1. The number of hydrogen-bond donors (Lipinski definition) is 2. The molecule has 150 valence electrons. The molecule has 0 bridgehead atoms. The van der Waals surface area contributed by atoms with Crippen molar-refractivity contribution >= 4 is 23.6 Å². The highest BCUT2D eigenvalue weighted by molar-refractivity contribution is 6.11. The van der Waals surface area contributed by atoms with Gasteiger partial charge in [-0.15, -0.1) is 0 Å². The normalized spacial score (nSPS) is 24.4. The minimum Gasteiger partial charge on any atom is -0.356 e. The van der Waals surface area contributed by atoms with E-state index in [1.54, 1.807) is 12.1 Å². The van der Waals surface area contributed by atoms with Gasteiger partial charge in [0.25, 0.3) is 5.91 Å². The van der Waals surface area contributed by atoms with Crippen LogP contribution >= 0.6 is 0 Å². The number of nitrogens with one attached hydrogen (secondary N) is 2. The van der Waals surface area contributed by atoms with E-state index in [0.29, 0.717) is 24.9 Å². The van der Waals surface area contributed by atoms with Gasteiger partial charge in [-0.1, -0.05) is 44.0 Å². The van der Waals surface area contributed by atoms with E-state index < -0.39 is 11.6 Å². The van der Waals surface area contributed by atoms with Crippen LogP contribution in [0.15, 0.2) is 24.3 Å². The summed E-state index contributed by atoms with van der Waals surface area (Å²) >= 11 is 0. The predicted molar refractivity (Wildman–Crippen MR) is 104 cm³/mol. The lowest BCUT2D eigenvalue weighted by molar-refractivity contribution is -0.133. The average molecular weight is 385 g/mol. The molecule has 1 aromatic carbocycles. The van der Waals surface area contributed by atoms with Crippen molar-refractivity contribution in [2.45, 2.75) is 51.5 Å². The Balaban J connectivity index is 1.63. The SMILES string of the molecule is CC(=O)NCCc1ccc(C(=O)CN2C(=O)N[C@]3(CCCC[C@H]3C)C2=O)cc1. The first-order valence-electron chi connectivity index (χ1n) is 9.84. The minimum atomic E-state index is -0.844. The lowest BCUT2D eigenvalue weighted by atomic mass is 9.73. The van der Waals surface area contributed by atoms with Crippen molar-refractivity contribution < 1.29 is 19.2 Å². The van der Waals surface area contributed by atoms with Crippen LogP contribution < -0.4 is 10.6 Å². The first-order valence-corrected chi connectivity index (χ1v) is 9.84. The number of ketones is 1. The van der Waals surface area contributed by atoms with Gasteiger partial charge >= 0.3 is 6.03 Å². The van der Waals surface area contributed by atoms with Gasteiger partial charge in [0.05, 0.1) is 6.54 Å². The van der Waals surface area contributed by atoms with Gasteiger partial charge < -0.3 is 10.6 Å². The summed E-state index contributed by atoms with van der Waals surface area (Å²) in [5, 5.41) is 5.59. The fourth-order valence-electron chi connectivity index (χ4n) is 4.11. The molecular weight excluding hydrogens is 358 g/mol. The van der Waals surface area contributed by atoms with Gasteiger partial charge in [0, 0.05) is 19.0 Å². The molecule has 0 radical (unpaired) electrons. The molecule has 1 aromatic rings. The van der Waals surface area contributed by atoms with Crippen molar-refractivity contribution in [1.82, 2.24) is 15.5 Å². The minimum absolute atomic E-state index is 0.0701. The highest BCUT2D eigenvalue weighted by atomic mass is 16.2. The topological polar surface area (TPSA) is 95.6 Å². The number of rotatable bonds is 6. The van der Waals surface area contributed by atoms with Crippen LogP contribution in [0.2, 0.25) is 0 Å². The summed E-state index contributed by atoms with van der Waals surface area (Å²) in [6.07, 6.45) is 4.15. The van der Waals surface area contributed by atoms with Crippen LogP contribution in [0, 0.1) is 5.92 Å². The zero-order valence-corrected chi connectivity index (χ0v) is 16.4. The van der Waals surface area contributed by atoms with E-state index in [1.807, 2.05) is 19.1 Å². The summed E-state index contributed by atoms with van der Waals surface area (Å²) in [5.74, 6) is -0.548. The fraction of sp³-hybridized carbons (Fsp3) is 0.524. The zero-order chi connectivity index (χ0) is 20.3. The highest BCUT2D eigenvalue weighted by Crippen LogP contribution is 2.38. The van der Waals surface area contributed by atoms with Gasteiger partial charge in [0.15, 0.2) is 5.78 Å². The number of amides is 4. The molecule has 1 saturated carbocycles. The van der Waals surface area contributed by atoms with Gasteiger partial charge in [0.2, 0.25) is 5.91 Å². The second-order valence-electron chi connectivity index (χ2n) is 7.79. The van der Waals surface area contributed by atoms with E-state index in [4.69, 9.17) is 0 Å². The molecule has 2 fully saturated rings. The van der Waals surface area contributed by atoms with E-state index in [9.17, 15) is 19.2 Å². The Morgan fingerprint density at radius 1 is 1.21 bits per heavy atom. The van der Waals surface area contributed by atoms with Crippen LogP contribution in [0.4, 0.5) is 4.79 Å². The van der Waals surface area contributed by atoms with Crippen molar-refractivity contribution in [3.8, 4) is 0 Å². The summed E-state index contributed by atoms with van der Waals surface area (Å²) in [5.41, 5.74) is 0.611. The Bertz CT molecular complexity index is 789. The van der Waals surface area contributed by atoms with Crippen molar-refractivity contribution in [1.29, 1.82) is 0 Å². The third kappa shape index (κ3) is 3.93. The second kappa shape index (κ2) is 8.12. The third-order valence-corrected chi connectivity index (χ3v) is 5.87. The molecule has 2 atom stereocenters. The Hall–Kier alpha value is -2.70. The molecule has 7 nitrogen and oxygen atoms in total. The summed E-state index contributed by atoms with van der Waals surface area (Å²) in [4.78, 5) is 50.0. The van der Waals surface area contributed by atoms with Crippen LogP contribution in [-0.2, 0) is 16.0 Å². The number of Topliss-reactive ketones (excluding diaryl/α,β-unsaturated/α-hetero) is 1. The van der Waals surface area contributed by atoms with E-state index in [1.165, 1.54) is 6.92 Å². The lowest BCUT2D eigenvalue weighted by Crippen LogP contribution is -2.54. The molecule has 4 amide bonds. The smallest absolute Gasteiger partial charge is 0.325 e. The van der Waals surface area contributed by atoms with E-state index in [2.05, 4.69) is 10.6 Å². The first-order chi connectivity index (χ1) is 13.3. The molecule has 0 unspecified atom stereocenters. The van der Waals surface area contributed by atoms with Gasteiger partial charge in [-0.25, -0.2) is 4.79 Å². The van der Waals surface area contributed by atoms with Crippen LogP contribution in [0.1, 0.15) is 55.5 Å². The van der Waals surface area contributed by atoms with Gasteiger partial charge in [-0.2, -0.15) is 0 Å². The quantitative estimate of drug-likeness (QED) is 0.579. The lowest BCUT2D eigenvalue weighted by Gasteiger charge is -2.36. The van der Waals surface area contributed by atoms with Crippen molar-refractivity contribution in [2.75, 3.05) is 13.1 Å². The molecule has 1 aliphatic carbocycles. The molecule has 1 saturated heterocycles. The highest BCUT2D eigenvalue weighted by Gasteiger charge is 2.55. The van der Waals surface area contributed by atoms with Crippen molar-refractivity contribution in [3.05, 3.63) is 35.4 Å².